The van der Waals surface area contributed by atoms with Crippen LogP contribution in [0, 0.1) is 5.92 Å². The van der Waals surface area contributed by atoms with E-state index in [9.17, 15) is 4.79 Å². The zero-order valence-electron chi connectivity index (χ0n) is 14.6. The summed E-state index contributed by atoms with van der Waals surface area (Å²) in [4.78, 5) is 14.7. The Morgan fingerprint density at radius 3 is 2.75 bits per heavy atom. The predicted molar refractivity (Wildman–Crippen MR) is 98.6 cm³/mol. The first-order valence-corrected chi connectivity index (χ1v) is 7.94. The summed E-state index contributed by atoms with van der Waals surface area (Å²) >= 11 is 0. The van der Waals surface area contributed by atoms with Gasteiger partial charge in [-0.15, -0.1) is 19.0 Å². The van der Waals surface area contributed by atoms with E-state index in [1.54, 1.807) is 26.4 Å². The van der Waals surface area contributed by atoms with Crippen molar-refractivity contribution in [2.45, 2.75) is 12.8 Å². The number of ether oxygens (including phenoxy) is 2. The first kappa shape index (κ1) is 20.3. The molecular formula is C18H27ClN2O3. The molecule has 24 heavy (non-hydrogen) atoms. The zero-order valence-corrected chi connectivity index (χ0v) is 15.4. The Bertz CT molecular complexity index is 578. The van der Waals surface area contributed by atoms with Gasteiger partial charge in [-0.2, -0.15) is 0 Å². The van der Waals surface area contributed by atoms with Gasteiger partial charge in [-0.05, 0) is 44.5 Å². The molecule has 0 saturated carbocycles. The molecule has 6 heteroatoms. The third-order valence-corrected chi connectivity index (χ3v) is 4.23. The van der Waals surface area contributed by atoms with Crippen LogP contribution in [-0.2, 0) is 6.42 Å². The smallest absolute Gasteiger partial charge is 0.254 e. The number of carbonyl (C=O) groups excluding carboxylic acids is 1. The number of hydrogen-bond donors (Lipinski definition) is 1. The van der Waals surface area contributed by atoms with Crippen molar-refractivity contribution in [2.24, 2.45) is 5.92 Å². The van der Waals surface area contributed by atoms with Crippen LogP contribution in [0.15, 0.2) is 24.8 Å². The maximum absolute atomic E-state index is 12.8. The van der Waals surface area contributed by atoms with Crippen LogP contribution in [-0.4, -0.2) is 51.7 Å². The van der Waals surface area contributed by atoms with Gasteiger partial charge in [-0.1, -0.05) is 6.08 Å². The summed E-state index contributed by atoms with van der Waals surface area (Å²) in [6, 6.07) is 3.65. The summed E-state index contributed by atoms with van der Waals surface area (Å²) in [6.45, 7) is 6.31. The highest BCUT2D eigenvalue weighted by molar-refractivity contribution is 5.95. The molecule has 0 aliphatic carbocycles. The molecule has 1 aromatic carbocycles. The largest absolute Gasteiger partial charge is 0.493 e. The molecule has 0 aromatic heterocycles. The van der Waals surface area contributed by atoms with E-state index in [0.29, 0.717) is 29.4 Å². The second kappa shape index (κ2) is 9.55. The lowest BCUT2D eigenvalue weighted by Crippen LogP contribution is -2.30. The molecule has 0 bridgehead atoms. The number of methoxy groups -OCH3 is 2. The lowest BCUT2D eigenvalue weighted by molar-refractivity contribution is 0.0786. The number of likely N-dealkylation sites (tertiary alicyclic amines) is 1. The molecule has 1 unspecified atom stereocenters. The maximum atomic E-state index is 12.8. The summed E-state index contributed by atoms with van der Waals surface area (Å²) in [7, 11) is 5.14. The fourth-order valence-electron chi connectivity index (χ4n) is 3.13. The second-order valence-corrected chi connectivity index (χ2v) is 5.83. The minimum atomic E-state index is 0. The number of benzene rings is 1. The van der Waals surface area contributed by atoms with E-state index in [1.165, 1.54) is 0 Å². The van der Waals surface area contributed by atoms with Crippen molar-refractivity contribution < 1.29 is 14.3 Å². The lowest BCUT2D eigenvalue weighted by atomic mass is 10.0. The van der Waals surface area contributed by atoms with Crippen molar-refractivity contribution in [1.29, 1.82) is 0 Å². The molecule has 0 radical (unpaired) electrons. The first-order valence-electron chi connectivity index (χ1n) is 7.94. The number of hydrogen-bond acceptors (Lipinski definition) is 4. The highest BCUT2D eigenvalue weighted by Crippen LogP contribution is 2.34. The van der Waals surface area contributed by atoms with Crippen LogP contribution in [0.3, 0.4) is 0 Å². The number of nitrogens with zero attached hydrogens (tertiary/aromatic N) is 1. The number of amides is 1. The Morgan fingerprint density at radius 2 is 2.17 bits per heavy atom. The van der Waals surface area contributed by atoms with E-state index in [-0.39, 0.29) is 18.3 Å². The molecule has 1 N–H and O–H groups in total. The van der Waals surface area contributed by atoms with Gasteiger partial charge >= 0.3 is 0 Å². The highest BCUT2D eigenvalue weighted by atomic mass is 35.5. The van der Waals surface area contributed by atoms with Crippen LogP contribution >= 0.6 is 12.4 Å². The van der Waals surface area contributed by atoms with Gasteiger partial charge in [0.1, 0.15) is 0 Å². The topological polar surface area (TPSA) is 50.8 Å². The summed E-state index contributed by atoms with van der Waals surface area (Å²) in [5, 5.41) is 3.18. The SMILES string of the molecule is C=CCc1cc(C(=O)N2CCC(CNC)C2)cc(OC)c1OC.Cl. The number of halogens is 1. The van der Waals surface area contributed by atoms with Gasteiger partial charge in [0.25, 0.3) is 5.91 Å². The van der Waals surface area contributed by atoms with Crippen LogP contribution in [0.1, 0.15) is 22.3 Å². The fraction of sp³-hybridized carbons (Fsp3) is 0.500. The first-order chi connectivity index (χ1) is 11.1. The van der Waals surface area contributed by atoms with Gasteiger partial charge in [0, 0.05) is 24.2 Å². The van der Waals surface area contributed by atoms with Crippen molar-refractivity contribution >= 4 is 18.3 Å². The number of nitrogens with one attached hydrogen (secondary N) is 1. The number of rotatable bonds is 7. The Labute approximate surface area is 150 Å². The van der Waals surface area contributed by atoms with E-state index in [1.807, 2.05) is 18.0 Å². The summed E-state index contributed by atoms with van der Waals surface area (Å²) in [6.07, 6.45) is 3.47. The van der Waals surface area contributed by atoms with Crippen molar-refractivity contribution in [2.75, 3.05) is 40.9 Å². The van der Waals surface area contributed by atoms with Crippen LogP contribution in [0.4, 0.5) is 0 Å². The highest BCUT2D eigenvalue weighted by Gasteiger charge is 2.27. The molecule has 134 valence electrons. The lowest BCUT2D eigenvalue weighted by Gasteiger charge is -2.19. The third kappa shape index (κ3) is 4.42. The molecular weight excluding hydrogens is 328 g/mol. The van der Waals surface area contributed by atoms with Gasteiger partial charge in [-0.3, -0.25) is 4.79 Å². The molecule has 1 aliphatic rings. The van der Waals surface area contributed by atoms with Crippen LogP contribution < -0.4 is 14.8 Å². The fourth-order valence-corrected chi connectivity index (χ4v) is 3.13. The summed E-state index contributed by atoms with van der Waals surface area (Å²) in [5.74, 6) is 1.83. The van der Waals surface area contributed by atoms with E-state index in [0.717, 1.165) is 31.6 Å². The Kier molecular flexibility index (Phi) is 8.08. The van der Waals surface area contributed by atoms with Crippen LogP contribution in [0.25, 0.3) is 0 Å². The summed E-state index contributed by atoms with van der Waals surface area (Å²) in [5.41, 5.74) is 1.56. The Morgan fingerprint density at radius 1 is 1.42 bits per heavy atom. The standard InChI is InChI=1S/C18H26N2O3.ClH/c1-5-6-14-9-15(10-16(22-3)17(14)23-4)18(21)20-8-7-13(12-20)11-19-2;/h5,9-10,13,19H,1,6-8,11-12H2,2-4H3;1H. The maximum Gasteiger partial charge on any atom is 0.254 e. The van der Waals surface area contributed by atoms with Gasteiger partial charge < -0.3 is 19.7 Å². The molecule has 1 atom stereocenters. The molecule has 1 aromatic rings. The minimum Gasteiger partial charge on any atom is -0.493 e. The monoisotopic (exact) mass is 354 g/mol. The molecule has 2 rings (SSSR count). The van der Waals surface area contributed by atoms with Crippen molar-refractivity contribution in [1.82, 2.24) is 10.2 Å². The molecule has 5 nitrogen and oxygen atoms in total. The van der Waals surface area contributed by atoms with E-state index in [4.69, 9.17) is 9.47 Å². The molecule has 1 aliphatic heterocycles. The third-order valence-electron chi connectivity index (χ3n) is 4.23. The zero-order chi connectivity index (χ0) is 16.8. The summed E-state index contributed by atoms with van der Waals surface area (Å²) < 4.78 is 10.8. The van der Waals surface area contributed by atoms with Crippen molar-refractivity contribution in [3.8, 4) is 11.5 Å². The molecule has 0 spiro atoms. The van der Waals surface area contributed by atoms with Crippen molar-refractivity contribution in [3.63, 3.8) is 0 Å². The van der Waals surface area contributed by atoms with Crippen LogP contribution in [0.5, 0.6) is 11.5 Å². The molecule has 1 amide bonds. The Balaban J connectivity index is 0.00000288. The van der Waals surface area contributed by atoms with Crippen molar-refractivity contribution in [3.05, 3.63) is 35.9 Å². The van der Waals surface area contributed by atoms with Gasteiger partial charge in [-0.25, -0.2) is 0 Å². The number of allylic oxidation sites excluding steroid dienone is 1. The predicted octanol–water partition coefficient (Wildman–Crippen LogP) is 2.54. The molecule has 1 fully saturated rings. The molecule has 1 heterocycles. The number of carbonyl (C=O) groups is 1. The average Bonchev–Trinajstić information content (AvgIpc) is 3.02. The van der Waals surface area contributed by atoms with E-state index < -0.39 is 0 Å². The Hall–Kier alpha value is -1.72. The normalized spacial score (nSPS) is 16.5. The quantitative estimate of drug-likeness (QED) is 0.764. The minimum absolute atomic E-state index is 0. The average molecular weight is 355 g/mol. The van der Waals surface area contributed by atoms with Gasteiger partial charge in [0.05, 0.1) is 14.2 Å². The van der Waals surface area contributed by atoms with E-state index in [2.05, 4.69) is 11.9 Å². The van der Waals surface area contributed by atoms with Gasteiger partial charge in [0.2, 0.25) is 0 Å². The molecule has 1 saturated heterocycles. The van der Waals surface area contributed by atoms with Gasteiger partial charge in [0.15, 0.2) is 11.5 Å². The van der Waals surface area contributed by atoms with E-state index >= 15 is 0 Å². The second-order valence-electron chi connectivity index (χ2n) is 5.83. The van der Waals surface area contributed by atoms with Crippen LogP contribution in [0.2, 0.25) is 0 Å².